The normalized spacial score (nSPS) is 19.7. The molecule has 1 heterocycles. The van der Waals surface area contributed by atoms with Crippen molar-refractivity contribution in [1.82, 2.24) is 13.5 Å². The van der Waals surface area contributed by atoms with E-state index in [9.17, 15) is 16.8 Å². The van der Waals surface area contributed by atoms with Gasteiger partial charge in [0.1, 0.15) is 5.75 Å². The monoisotopic (exact) mass is 646 g/mol. The van der Waals surface area contributed by atoms with Crippen molar-refractivity contribution in [1.29, 1.82) is 0 Å². The topological polar surface area (TPSA) is 113 Å². The van der Waals surface area contributed by atoms with Gasteiger partial charge in [-0.25, -0.2) is 16.8 Å². The Labute approximate surface area is 265 Å². The highest BCUT2D eigenvalue weighted by atomic mass is 32.2. The third-order valence-corrected chi connectivity index (χ3v) is 12.3. The van der Waals surface area contributed by atoms with Crippen LogP contribution < -0.4 is 10.5 Å². The van der Waals surface area contributed by atoms with E-state index in [2.05, 4.69) is 11.5 Å². The van der Waals surface area contributed by atoms with E-state index in [1.165, 1.54) is 40.7 Å². The van der Waals surface area contributed by atoms with Gasteiger partial charge in [0.15, 0.2) is 0 Å². The molecule has 9 nitrogen and oxygen atoms in total. The first kappa shape index (κ1) is 34.6. The Hall–Kier alpha value is -2.28. The maximum atomic E-state index is 13.9. The van der Waals surface area contributed by atoms with Crippen molar-refractivity contribution in [3.05, 3.63) is 66.2 Å². The van der Waals surface area contributed by atoms with Crippen LogP contribution in [0.4, 0.5) is 0 Å². The van der Waals surface area contributed by atoms with Crippen LogP contribution in [0.2, 0.25) is 0 Å². The van der Waals surface area contributed by atoms with Gasteiger partial charge >= 0.3 is 0 Å². The number of nitrogens with zero attached hydrogens (tertiary/aromatic N) is 3. The lowest BCUT2D eigenvalue weighted by Crippen LogP contribution is -2.42. The minimum Gasteiger partial charge on any atom is -0.494 e. The molecule has 4 rings (SSSR count). The second-order valence-electron chi connectivity index (χ2n) is 12.2. The van der Waals surface area contributed by atoms with Crippen LogP contribution in [-0.4, -0.2) is 89.3 Å². The summed E-state index contributed by atoms with van der Waals surface area (Å²) in [6.07, 6.45) is 8.34. The first-order chi connectivity index (χ1) is 21.1. The van der Waals surface area contributed by atoms with Gasteiger partial charge in [0.25, 0.3) is 0 Å². The van der Waals surface area contributed by atoms with Gasteiger partial charge in [0.05, 0.1) is 16.4 Å². The molecule has 244 valence electrons. The number of hydrogen-bond acceptors (Lipinski definition) is 7. The van der Waals surface area contributed by atoms with Crippen LogP contribution in [-0.2, 0) is 20.0 Å². The summed E-state index contributed by atoms with van der Waals surface area (Å²) in [4.78, 5) is 2.83. The second-order valence-corrected chi connectivity index (χ2v) is 16.1. The second kappa shape index (κ2) is 16.3. The number of ether oxygens (including phenoxy) is 1. The van der Waals surface area contributed by atoms with Gasteiger partial charge in [-0.1, -0.05) is 43.5 Å². The van der Waals surface area contributed by atoms with Crippen molar-refractivity contribution < 1.29 is 21.6 Å². The summed E-state index contributed by atoms with van der Waals surface area (Å²) >= 11 is 0. The smallest absolute Gasteiger partial charge is 0.243 e. The highest BCUT2D eigenvalue weighted by Gasteiger charge is 2.30. The zero-order chi connectivity index (χ0) is 31.6. The molecule has 44 heavy (non-hydrogen) atoms. The number of benzene rings is 2. The summed E-state index contributed by atoms with van der Waals surface area (Å²) in [5.74, 6) is 1.22. The molecule has 2 fully saturated rings. The number of sulfonamides is 2. The Morgan fingerprint density at radius 3 is 1.82 bits per heavy atom. The number of rotatable bonds is 10. The van der Waals surface area contributed by atoms with Gasteiger partial charge in [-0.3, -0.25) is 0 Å². The van der Waals surface area contributed by atoms with Crippen molar-refractivity contribution in [3.63, 3.8) is 0 Å². The molecular weight excluding hydrogens is 597 g/mol. The van der Waals surface area contributed by atoms with Crippen LogP contribution in [0.5, 0.6) is 5.75 Å². The lowest BCUT2D eigenvalue weighted by molar-refractivity contribution is 0.188. The lowest BCUT2D eigenvalue weighted by atomic mass is 9.89. The van der Waals surface area contributed by atoms with Crippen molar-refractivity contribution in [2.24, 2.45) is 11.7 Å². The zero-order valence-electron chi connectivity index (χ0n) is 26.2. The van der Waals surface area contributed by atoms with Gasteiger partial charge in [0, 0.05) is 32.7 Å². The van der Waals surface area contributed by atoms with E-state index in [1.807, 2.05) is 6.92 Å². The van der Waals surface area contributed by atoms with E-state index in [1.54, 1.807) is 48.5 Å². The Kier molecular flexibility index (Phi) is 12.8. The average molecular weight is 647 g/mol. The van der Waals surface area contributed by atoms with E-state index in [4.69, 9.17) is 10.5 Å². The Morgan fingerprint density at radius 2 is 1.30 bits per heavy atom. The molecule has 0 spiro atoms. The molecule has 1 saturated carbocycles. The highest BCUT2D eigenvalue weighted by molar-refractivity contribution is 7.89. The van der Waals surface area contributed by atoms with Crippen LogP contribution >= 0.6 is 0 Å². The third-order valence-electron chi connectivity index (χ3n) is 8.54. The van der Waals surface area contributed by atoms with Crippen LogP contribution in [0.1, 0.15) is 56.9 Å². The Morgan fingerprint density at radius 1 is 0.773 bits per heavy atom. The first-order valence-electron chi connectivity index (χ1n) is 16.0. The molecule has 0 aromatic heterocycles. The fourth-order valence-electron chi connectivity index (χ4n) is 6.08. The van der Waals surface area contributed by atoms with E-state index in [0.29, 0.717) is 62.7 Å². The van der Waals surface area contributed by atoms with Crippen LogP contribution in [0.3, 0.4) is 0 Å². The maximum absolute atomic E-state index is 13.9. The van der Waals surface area contributed by atoms with E-state index in [0.717, 1.165) is 25.2 Å². The molecule has 0 unspecified atom stereocenters. The third kappa shape index (κ3) is 9.61. The Balaban J connectivity index is 1.57. The van der Waals surface area contributed by atoms with Gasteiger partial charge in [-0.2, -0.15) is 8.61 Å². The fourth-order valence-corrected chi connectivity index (χ4v) is 9.08. The van der Waals surface area contributed by atoms with Gasteiger partial charge < -0.3 is 15.4 Å². The van der Waals surface area contributed by atoms with Crippen molar-refractivity contribution in [2.75, 3.05) is 59.0 Å². The molecule has 2 N–H and O–H groups in total. The molecule has 2 aromatic rings. The van der Waals surface area contributed by atoms with Crippen LogP contribution in [0.25, 0.3) is 0 Å². The predicted octanol–water partition coefficient (Wildman–Crippen LogP) is 4.64. The van der Waals surface area contributed by atoms with E-state index < -0.39 is 20.0 Å². The van der Waals surface area contributed by atoms with Crippen molar-refractivity contribution >= 4 is 20.0 Å². The summed E-state index contributed by atoms with van der Waals surface area (Å²) in [6, 6.07) is 13.3. The summed E-state index contributed by atoms with van der Waals surface area (Å²) < 4.78 is 64.1. The predicted molar refractivity (Wildman–Crippen MR) is 176 cm³/mol. The molecule has 11 heteroatoms. The number of aryl methyl sites for hydroxylation is 1. The standard InChI is InChI=1S/C33H50N4O5S2/c1-28-11-15-32(16-12-28)43(38,39)36-22-7-20-35(27-30-9-4-3-5-10-30)21-8-23-37(26-29(2)25-36)44(40,41)33-17-13-31(14-18-33)42-24-6-19-34/h11-18,30H,2-10,19-27,34H2,1H3. The summed E-state index contributed by atoms with van der Waals surface area (Å²) in [5, 5.41) is 0. The van der Waals surface area contributed by atoms with Crippen LogP contribution in [0.15, 0.2) is 70.5 Å². The van der Waals surface area contributed by atoms with Crippen molar-refractivity contribution in [3.8, 4) is 5.75 Å². The molecular formula is C33H50N4O5S2. The van der Waals surface area contributed by atoms with Gasteiger partial charge in [0.2, 0.25) is 20.0 Å². The zero-order valence-corrected chi connectivity index (χ0v) is 27.8. The quantitative estimate of drug-likeness (QED) is 0.296. The molecule has 0 atom stereocenters. The molecule has 1 aliphatic carbocycles. The number of hydrogen-bond donors (Lipinski definition) is 1. The largest absolute Gasteiger partial charge is 0.494 e. The summed E-state index contributed by atoms with van der Waals surface area (Å²) in [5.41, 5.74) is 7.06. The highest BCUT2D eigenvalue weighted by Crippen LogP contribution is 2.26. The summed E-state index contributed by atoms with van der Waals surface area (Å²) in [7, 11) is -7.67. The molecule has 0 bridgehead atoms. The number of nitrogens with two attached hydrogens (primary N) is 1. The van der Waals surface area contributed by atoms with E-state index >= 15 is 0 Å². The van der Waals surface area contributed by atoms with Crippen LogP contribution in [0, 0.1) is 12.8 Å². The molecule has 1 saturated heterocycles. The molecule has 2 aromatic carbocycles. The minimum absolute atomic E-state index is 0.0413. The van der Waals surface area contributed by atoms with E-state index in [-0.39, 0.29) is 22.9 Å². The average Bonchev–Trinajstić information content (AvgIpc) is 3.00. The minimum atomic E-state index is -3.87. The molecule has 1 aliphatic heterocycles. The fraction of sp³-hybridized carbons (Fsp3) is 0.576. The molecule has 2 aliphatic rings. The Bertz CT molecular complexity index is 1410. The SMILES string of the molecule is C=C1CN(S(=O)(=O)c2ccc(C)cc2)CCCN(CC2CCCCC2)CCCN(S(=O)(=O)c2ccc(OCCCN)cc2)C1. The first-order valence-corrected chi connectivity index (χ1v) is 18.9. The van der Waals surface area contributed by atoms with Gasteiger partial charge in [-0.15, -0.1) is 0 Å². The maximum Gasteiger partial charge on any atom is 0.243 e. The van der Waals surface area contributed by atoms with Crippen molar-refractivity contribution in [2.45, 2.75) is 68.1 Å². The summed E-state index contributed by atoms with van der Waals surface area (Å²) in [6.45, 7) is 10.3. The lowest BCUT2D eigenvalue weighted by Gasteiger charge is -2.33. The molecule has 0 radical (unpaired) electrons. The molecule has 0 amide bonds. The van der Waals surface area contributed by atoms with Gasteiger partial charge in [-0.05, 0) is 107 Å².